The highest BCUT2D eigenvalue weighted by Crippen LogP contribution is 2.23. The summed E-state index contributed by atoms with van der Waals surface area (Å²) in [6.45, 7) is 3.61. The van der Waals surface area contributed by atoms with Gasteiger partial charge in [-0.3, -0.25) is 24.5 Å². The molecule has 1 atom stereocenters. The number of nitro benzene ring substituents is 1. The monoisotopic (exact) mass is 391 g/mol. The predicted octanol–water partition coefficient (Wildman–Crippen LogP) is 2.08. The molecule has 1 fully saturated rings. The van der Waals surface area contributed by atoms with E-state index in [9.17, 15) is 24.5 Å². The summed E-state index contributed by atoms with van der Waals surface area (Å²) >= 11 is 0. The third-order valence-electron chi connectivity index (χ3n) is 5.05. The molecule has 2 amide bonds. The Bertz CT molecular complexity index is 779. The fourth-order valence-electron chi connectivity index (χ4n) is 3.59. The molecule has 152 valence electrons. The van der Waals surface area contributed by atoms with E-state index in [0.717, 1.165) is 0 Å². The molecule has 0 saturated carbocycles. The summed E-state index contributed by atoms with van der Waals surface area (Å²) in [5.41, 5.74) is 0.768. The second-order valence-corrected chi connectivity index (χ2v) is 6.87. The Balaban J connectivity index is 2.14. The van der Waals surface area contributed by atoms with Crippen LogP contribution in [0.3, 0.4) is 0 Å². The van der Waals surface area contributed by atoms with Crippen molar-refractivity contribution in [1.29, 1.82) is 0 Å². The van der Waals surface area contributed by atoms with Crippen LogP contribution < -0.4 is 0 Å². The highest BCUT2D eigenvalue weighted by atomic mass is 16.6. The number of carbonyl (C=O) groups excluding carboxylic acids is 2. The third-order valence-corrected chi connectivity index (χ3v) is 5.05. The van der Waals surface area contributed by atoms with Gasteiger partial charge in [-0.05, 0) is 31.7 Å². The van der Waals surface area contributed by atoms with Gasteiger partial charge in [-0.25, -0.2) is 0 Å². The first kappa shape index (κ1) is 21.3. The number of nitro groups is 1. The minimum absolute atomic E-state index is 0.0646. The van der Waals surface area contributed by atoms with Gasteiger partial charge in [-0.15, -0.1) is 0 Å². The van der Waals surface area contributed by atoms with Gasteiger partial charge in [0.1, 0.15) is 6.54 Å². The quantitative estimate of drug-likeness (QED) is 0.585. The van der Waals surface area contributed by atoms with Gasteiger partial charge >= 0.3 is 5.97 Å². The Labute approximate surface area is 163 Å². The number of aliphatic carboxylic acids is 1. The average Bonchev–Trinajstić information content (AvgIpc) is 2.90. The number of aryl methyl sites for hydroxylation is 1. The minimum Gasteiger partial charge on any atom is -0.480 e. The lowest BCUT2D eigenvalue weighted by atomic mass is 10.1. The molecule has 1 saturated heterocycles. The zero-order valence-electron chi connectivity index (χ0n) is 16.1. The summed E-state index contributed by atoms with van der Waals surface area (Å²) in [6, 6.07) is 4.28. The van der Waals surface area contributed by atoms with Crippen LogP contribution in [0.2, 0.25) is 0 Å². The Morgan fingerprint density at radius 3 is 2.57 bits per heavy atom. The fraction of sp³-hybridized carbons (Fsp3) is 0.526. The molecular formula is C19H25N3O6. The maximum absolute atomic E-state index is 12.8. The highest BCUT2D eigenvalue weighted by Gasteiger charge is 2.28. The van der Waals surface area contributed by atoms with Crippen LogP contribution >= 0.6 is 0 Å². The van der Waals surface area contributed by atoms with E-state index in [2.05, 4.69) is 0 Å². The number of hydrogen-bond acceptors (Lipinski definition) is 5. The van der Waals surface area contributed by atoms with Crippen molar-refractivity contribution in [3.05, 3.63) is 39.4 Å². The lowest BCUT2D eigenvalue weighted by molar-refractivity contribution is -0.385. The summed E-state index contributed by atoms with van der Waals surface area (Å²) in [7, 11) is 0. The summed E-state index contributed by atoms with van der Waals surface area (Å²) in [6.07, 6.45) is 2.19. The molecule has 0 aliphatic carbocycles. The molecule has 1 aromatic rings. The third kappa shape index (κ3) is 5.05. The maximum atomic E-state index is 12.8. The van der Waals surface area contributed by atoms with Gasteiger partial charge in [0, 0.05) is 43.2 Å². The number of likely N-dealkylation sites (tertiary alicyclic amines) is 1. The summed E-state index contributed by atoms with van der Waals surface area (Å²) < 4.78 is 0. The smallest absolute Gasteiger partial charge is 0.323 e. The largest absolute Gasteiger partial charge is 0.480 e. The van der Waals surface area contributed by atoms with Crippen LogP contribution in [-0.2, 0) is 16.0 Å². The number of carboxylic acids is 1. The van der Waals surface area contributed by atoms with Gasteiger partial charge in [0.15, 0.2) is 0 Å². The highest BCUT2D eigenvalue weighted by molar-refractivity contribution is 5.95. The summed E-state index contributed by atoms with van der Waals surface area (Å²) in [4.78, 5) is 49.4. The number of carboxylic acid groups (broad SMARTS) is 1. The molecule has 9 heteroatoms. The molecule has 0 aromatic heterocycles. The first-order valence-corrected chi connectivity index (χ1v) is 9.30. The van der Waals surface area contributed by atoms with E-state index in [0.29, 0.717) is 44.3 Å². The van der Waals surface area contributed by atoms with Crippen molar-refractivity contribution in [1.82, 2.24) is 9.80 Å². The van der Waals surface area contributed by atoms with E-state index >= 15 is 0 Å². The van der Waals surface area contributed by atoms with E-state index in [4.69, 9.17) is 5.11 Å². The van der Waals surface area contributed by atoms with Gasteiger partial charge in [0.25, 0.3) is 11.6 Å². The van der Waals surface area contributed by atoms with E-state index in [1.54, 1.807) is 17.0 Å². The standard InChI is InChI=1S/C19H25N3O6/c1-3-14-6-7-15(11-17(14)22(27)28)19(26)20-9-4-5-16(8-10-20)21(13(2)23)12-18(24)25/h6-7,11,16H,3-5,8-10,12H2,1-2H3,(H,24,25). The van der Waals surface area contributed by atoms with Crippen LogP contribution in [0.5, 0.6) is 0 Å². The summed E-state index contributed by atoms with van der Waals surface area (Å²) in [5, 5.41) is 20.3. The number of nitrogens with zero attached hydrogens (tertiary/aromatic N) is 3. The van der Waals surface area contributed by atoms with Gasteiger partial charge < -0.3 is 14.9 Å². The lowest BCUT2D eigenvalue weighted by Gasteiger charge is -2.28. The summed E-state index contributed by atoms with van der Waals surface area (Å²) in [5.74, 6) is -1.67. The van der Waals surface area contributed by atoms with Gasteiger partial charge in [0.05, 0.1) is 4.92 Å². The van der Waals surface area contributed by atoms with Crippen molar-refractivity contribution in [2.45, 2.75) is 45.6 Å². The van der Waals surface area contributed by atoms with Crippen molar-refractivity contribution in [2.24, 2.45) is 0 Å². The predicted molar refractivity (Wildman–Crippen MR) is 101 cm³/mol. The Morgan fingerprint density at radius 2 is 2.00 bits per heavy atom. The Morgan fingerprint density at radius 1 is 1.29 bits per heavy atom. The molecular weight excluding hydrogens is 366 g/mol. The maximum Gasteiger partial charge on any atom is 0.323 e. The second-order valence-electron chi connectivity index (χ2n) is 6.87. The fourth-order valence-corrected chi connectivity index (χ4v) is 3.59. The molecule has 9 nitrogen and oxygen atoms in total. The molecule has 1 aliphatic rings. The molecule has 1 unspecified atom stereocenters. The minimum atomic E-state index is -1.07. The Hall–Kier alpha value is -2.97. The first-order chi connectivity index (χ1) is 13.2. The number of amides is 2. The zero-order valence-corrected chi connectivity index (χ0v) is 16.1. The van der Waals surface area contributed by atoms with Crippen LogP contribution in [0.15, 0.2) is 18.2 Å². The van der Waals surface area contributed by atoms with Crippen LogP contribution in [0.1, 0.15) is 49.0 Å². The molecule has 0 bridgehead atoms. The molecule has 28 heavy (non-hydrogen) atoms. The van der Waals surface area contributed by atoms with E-state index in [-0.39, 0.29) is 35.7 Å². The van der Waals surface area contributed by atoms with Crippen molar-refractivity contribution in [3.8, 4) is 0 Å². The van der Waals surface area contributed by atoms with Crippen LogP contribution in [0.25, 0.3) is 0 Å². The van der Waals surface area contributed by atoms with Crippen LogP contribution in [0.4, 0.5) is 5.69 Å². The van der Waals surface area contributed by atoms with Crippen molar-refractivity contribution in [3.63, 3.8) is 0 Å². The zero-order chi connectivity index (χ0) is 20.8. The number of rotatable bonds is 6. The molecule has 1 aromatic carbocycles. The second kappa shape index (κ2) is 9.29. The normalized spacial score (nSPS) is 16.9. The lowest BCUT2D eigenvalue weighted by Crippen LogP contribution is -2.43. The van der Waals surface area contributed by atoms with E-state index in [1.807, 2.05) is 6.92 Å². The molecule has 2 rings (SSSR count). The SMILES string of the molecule is CCc1ccc(C(=O)N2CCCC(N(CC(=O)O)C(C)=O)CC2)cc1[N+](=O)[O-]. The first-order valence-electron chi connectivity index (χ1n) is 9.30. The average molecular weight is 391 g/mol. The van der Waals surface area contributed by atoms with Crippen molar-refractivity contribution in [2.75, 3.05) is 19.6 Å². The number of hydrogen-bond donors (Lipinski definition) is 1. The molecule has 0 radical (unpaired) electrons. The number of carbonyl (C=O) groups is 3. The van der Waals surface area contributed by atoms with Crippen LogP contribution in [0, 0.1) is 10.1 Å². The van der Waals surface area contributed by atoms with Crippen molar-refractivity contribution >= 4 is 23.5 Å². The molecule has 0 spiro atoms. The van der Waals surface area contributed by atoms with Crippen molar-refractivity contribution < 1.29 is 24.4 Å². The number of benzene rings is 1. The topological polar surface area (TPSA) is 121 Å². The molecule has 1 aliphatic heterocycles. The van der Waals surface area contributed by atoms with Gasteiger partial charge in [-0.2, -0.15) is 0 Å². The molecule has 1 N–H and O–H groups in total. The van der Waals surface area contributed by atoms with E-state index < -0.39 is 10.9 Å². The van der Waals surface area contributed by atoms with Crippen LogP contribution in [-0.4, -0.2) is 63.3 Å². The van der Waals surface area contributed by atoms with E-state index in [1.165, 1.54) is 17.9 Å². The molecule has 1 heterocycles. The van der Waals surface area contributed by atoms with Gasteiger partial charge in [-0.1, -0.05) is 13.0 Å². The van der Waals surface area contributed by atoms with Gasteiger partial charge in [0.2, 0.25) is 5.91 Å². The Kier molecular flexibility index (Phi) is 7.08.